The van der Waals surface area contributed by atoms with E-state index in [-0.39, 0.29) is 0 Å². The van der Waals surface area contributed by atoms with E-state index in [4.69, 9.17) is 0 Å². The summed E-state index contributed by atoms with van der Waals surface area (Å²) >= 11 is 0. The van der Waals surface area contributed by atoms with Crippen LogP contribution in [0, 0.1) is 20.8 Å². The number of anilines is 3. The van der Waals surface area contributed by atoms with E-state index in [1.54, 1.807) is 0 Å². The Bertz CT molecular complexity index is 808. The molecule has 0 aliphatic heterocycles. The molecule has 0 unspecified atom stereocenters. The van der Waals surface area contributed by atoms with Crippen molar-refractivity contribution < 1.29 is 0 Å². The lowest BCUT2D eigenvalue weighted by Crippen LogP contribution is -2.06. The van der Waals surface area contributed by atoms with Gasteiger partial charge in [0.25, 0.3) is 0 Å². The molecule has 0 saturated carbocycles. The van der Waals surface area contributed by atoms with Crippen LogP contribution in [0.25, 0.3) is 0 Å². The first-order chi connectivity index (χ1) is 11.6. The fraction of sp³-hybridized carbons (Fsp3) is 0.200. The van der Waals surface area contributed by atoms with E-state index in [0.717, 1.165) is 17.2 Å². The summed E-state index contributed by atoms with van der Waals surface area (Å²) in [5.74, 6) is 1.42. The third-order valence-corrected chi connectivity index (χ3v) is 3.64. The van der Waals surface area contributed by atoms with E-state index in [0.29, 0.717) is 12.5 Å². The maximum Gasteiger partial charge on any atom is 0.225 e. The topological polar surface area (TPSA) is 49.8 Å². The van der Waals surface area contributed by atoms with Gasteiger partial charge in [0, 0.05) is 24.0 Å². The number of benzene rings is 2. The molecule has 0 aliphatic rings. The van der Waals surface area contributed by atoms with Crippen molar-refractivity contribution >= 4 is 17.5 Å². The second-order valence-electron chi connectivity index (χ2n) is 6.06. The molecule has 4 nitrogen and oxygen atoms in total. The highest BCUT2D eigenvalue weighted by Crippen LogP contribution is 2.20. The predicted molar refractivity (Wildman–Crippen MR) is 99.7 cm³/mol. The number of hydrogen-bond acceptors (Lipinski definition) is 4. The molecule has 0 saturated heterocycles. The lowest BCUT2D eigenvalue weighted by molar-refractivity contribution is 1.03. The lowest BCUT2D eigenvalue weighted by Gasteiger charge is -2.11. The second-order valence-corrected chi connectivity index (χ2v) is 6.06. The van der Waals surface area contributed by atoms with Gasteiger partial charge in [0.1, 0.15) is 5.82 Å². The van der Waals surface area contributed by atoms with Crippen LogP contribution in [0.2, 0.25) is 0 Å². The van der Waals surface area contributed by atoms with E-state index < -0.39 is 0 Å². The Labute approximate surface area is 143 Å². The molecule has 0 aliphatic carbocycles. The molecule has 0 bridgehead atoms. The molecule has 0 spiro atoms. The smallest absolute Gasteiger partial charge is 0.225 e. The molecule has 122 valence electrons. The quantitative estimate of drug-likeness (QED) is 0.712. The summed E-state index contributed by atoms with van der Waals surface area (Å²) in [7, 11) is 0. The maximum atomic E-state index is 4.57. The van der Waals surface area contributed by atoms with Crippen molar-refractivity contribution in [1.29, 1.82) is 0 Å². The van der Waals surface area contributed by atoms with Crippen molar-refractivity contribution in [2.75, 3.05) is 10.6 Å². The van der Waals surface area contributed by atoms with Crippen molar-refractivity contribution in [3.8, 4) is 0 Å². The lowest BCUT2D eigenvalue weighted by atomic mass is 10.1. The molecule has 0 atom stereocenters. The Balaban J connectivity index is 1.76. The number of aryl methyl sites for hydroxylation is 3. The molecular weight excluding hydrogens is 296 g/mol. The van der Waals surface area contributed by atoms with Crippen LogP contribution in [0.5, 0.6) is 0 Å². The molecule has 3 aromatic rings. The van der Waals surface area contributed by atoms with Crippen LogP contribution in [0.15, 0.2) is 54.6 Å². The highest BCUT2D eigenvalue weighted by Gasteiger charge is 2.04. The Morgan fingerprint density at radius 2 is 1.54 bits per heavy atom. The van der Waals surface area contributed by atoms with Crippen LogP contribution < -0.4 is 10.6 Å². The maximum absolute atomic E-state index is 4.57. The first-order valence-corrected chi connectivity index (χ1v) is 8.07. The molecule has 2 N–H and O–H groups in total. The van der Waals surface area contributed by atoms with Gasteiger partial charge in [-0.2, -0.15) is 4.98 Å². The zero-order valence-corrected chi connectivity index (χ0v) is 14.3. The second kappa shape index (κ2) is 7.13. The van der Waals surface area contributed by atoms with Gasteiger partial charge in [-0.05, 0) is 49.6 Å². The van der Waals surface area contributed by atoms with Gasteiger partial charge in [-0.15, -0.1) is 0 Å². The van der Waals surface area contributed by atoms with Gasteiger partial charge in [-0.3, -0.25) is 0 Å². The average molecular weight is 318 g/mol. The molecule has 24 heavy (non-hydrogen) atoms. The van der Waals surface area contributed by atoms with Crippen molar-refractivity contribution in [2.45, 2.75) is 27.3 Å². The summed E-state index contributed by atoms with van der Waals surface area (Å²) in [6.07, 6.45) is 0. The molecule has 0 radical (unpaired) electrons. The fourth-order valence-electron chi connectivity index (χ4n) is 2.68. The van der Waals surface area contributed by atoms with Crippen molar-refractivity contribution in [1.82, 2.24) is 9.97 Å². The summed E-state index contributed by atoms with van der Waals surface area (Å²) in [6.45, 7) is 6.86. The standard InChI is InChI=1S/C20H22N4/c1-14-9-15(2)11-18(10-14)23-19-12-16(3)22-20(24-19)21-13-17-7-5-4-6-8-17/h4-12H,13H2,1-3H3,(H2,21,22,23,24). The average Bonchev–Trinajstić information content (AvgIpc) is 2.52. The van der Waals surface area contributed by atoms with E-state index in [1.165, 1.54) is 16.7 Å². The molecule has 0 amide bonds. The van der Waals surface area contributed by atoms with Gasteiger partial charge in [0.15, 0.2) is 0 Å². The summed E-state index contributed by atoms with van der Waals surface area (Å²) in [4.78, 5) is 9.03. The molecule has 3 rings (SSSR count). The van der Waals surface area contributed by atoms with Crippen molar-refractivity contribution in [3.63, 3.8) is 0 Å². The van der Waals surface area contributed by atoms with Crippen LogP contribution in [0.1, 0.15) is 22.4 Å². The van der Waals surface area contributed by atoms with Gasteiger partial charge in [-0.25, -0.2) is 4.98 Å². The Morgan fingerprint density at radius 1 is 0.833 bits per heavy atom. The monoisotopic (exact) mass is 318 g/mol. The summed E-state index contributed by atoms with van der Waals surface area (Å²) < 4.78 is 0. The Kier molecular flexibility index (Phi) is 4.75. The first-order valence-electron chi connectivity index (χ1n) is 8.07. The Morgan fingerprint density at radius 3 is 2.25 bits per heavy atom. The SMILES string of the molecule is Cc1cc(C)cc(Nc2cc(C)nc(NCc3ccccc3)n2)c1. The minimum atomic E-state index is 0.630. The van der Waals surface area contributed by atoms with E-state index in [9.17, 15) is 0 Å². The fourth-order valence-corrected chi connectivity index (χ4v) is 2.68. The minimum Gasteiger partial charge on any atom is -0.350 e. The van der Waals surface area contributed by atoms with Gasteiger partial charge < -0.3 is 10.6 Å². The highest BCUT2D eigenvalue weighted by atomic mass is 15.1. The third-order valence-electron chi connectivity index (χ3n) is 3.64. The van der Waals surface area contributed by atoms with Crippen LogP contribution in [-0.4, -0.2) is 9.97 Å². The molecule has 1 aromatic heterocycles. The number of nitrogens with one attached hydrogen (secondary N) is 2. The van der Waals surface area contributed by atoms with E-state index in [2.05, 4.69) is 64.8 Å². The first kappa shape index (κ1) is 16.0. The van der Waals surface area contributed by atoms with Crippen LogP contribution in [-0.2, 0) is 6.54 Å². The van der Waals surface area contributed by atoms with Crippen LogP contribution in [0.4, 0.5) is 17.5 Å². The zero-order chi connectivity index (χ0) is 16.9. The van der Waals surface area contributed by atoms with Crippen molar-refractivity contribution in [3.05, 3.63) is 77.0 Å². The van der Waals surface area contributed by atoms with E-state index in [1.807, 2.05) is 31.2 Å². The molecule has 4 heteroatoms. The highest BCUT2D eigenvalue weighted by molar-refractivity contribution is 5.59. The normalized spacial score (nSPS) is 10.5. The zero-order valence-electron chi connectivity index (χ0n) is 14.3. The summed E-state index contributed by atoms with van der Waals surface area (Å²) in [6, 6.07) is 18.6. The predicted octanol–water partition coefficient (Wildman–Crippen LogP) is 4.76. The largest absolute Gasteiger partial charge is 0.350 e. The number of nitrogens with zero attached hydrogens (tertiary/aromatic N) is 2. The molecule has 2 aromatic carbocycles. The minimum absolute atomic E-state index is 0.630. The summed E-state index contributed by atoms with van der Waals surface area (Å²) in [5.41, 5.74) is 5.62. The third kappa shape index (κ3) is 4.32. The van der Waals surface area contributed by atoms with Gasteiger partial charge in [-0.1, -0.05) is 36.4 Å². The van der Waals surface area contributed by atoms with Gasteiger partial charge in [0.2, 0.25) is 5.95 Å². The van der Waals surface area contributed by atoms with Gasteiger partial charge >= 0.3 is 0 Å². The Hall–Kier alpha value is -2.88. The van der Waals surface area contributed by atoms with Crippen LogP contribution in [0.3, 0.4) is 0 Å². The molecular formula is C20H22N4. The van der Waals surface area contributed by atoms with Gasteiger partial charge in [0.05, 0.1) is 0 Å². The van der Waals surface area contributed by atoms with Crippen molar-refractivity contribution in [2.24, 2.45) is 0 Å². The molecule has 1 heterocycles. The molecule has 0 fully saturated rings. The number of rotatable bonds is 5. The summed E-state index contributed by atoms with van der Waals surface area (Å²) in [5, 5.41) is 6.66. The van der Waals surface area contributed by atoms with Crippen LogP contribution >= 0.6 is 0 Å². The number of aromatic nitrogens is 2. The van der Waals surface area contributed by atoms with E-state index >= 15 is 0 Å². The number of hydrogen-bond donors (Lipinski definition) is 2.